The molecule has 2 saturated heterocycles. The van der Waals surface area contributed by atoms with Crippen LogP contribution in [0.2, 0.25) is 0 Å². The number of benzene rings is 1. The predicted octanol–water partition coefficient (Wildman–Crippen LogP) is 2.14. The molecule has 0 spiro atoms. The lowest BCUT2D eigenvalue weighted by molar-refractivity contribution is -0.117. The minimum absolute atomic E-state index is 0.00927. The molecular weight excluding hydrogens is 346 g/mol. The summed E-state index contributed by atoms with van der Waals surface area (Å²) in [6.07, 6.45) is 3.90. The van der Waals surface area contributed by atoms with Crippen molar-refractivity contribution >= 4 is 17.6 Å². The van der Waals surface area contributed by atoms with E-state index in [0.717, 1.165) is 30.7 Å². The van der Waals surface area contributed by atoms with Gasteiger partial charge in [0.05, 0.1) is 12.6 Å². The number of rotatable bonds is 6. The van der Waals surface area contributed by atoms with Crippen LogP contribution in [-0.2, 0) is 4.79 Å². The Kier molecular flexibility index (Phi) is 6.55. The largest absolute Gasteiger partial charge is 0.494 e. The molecule has 148 valence electrons. The summed E-state index contributed by atoms with van der Waals surface area (Å²) >= 11 is 0. The predicted molar refractivity (Wildman–Crippen MR) is 103 cm³/mol. The van der Waals surface area contributed by atoms with Crippen molar-refractivity contribution in [1.29, 1.82) is 0 Å². The summed E-state index contributed by atoms with van der Waals surface area (Å²) in [5.74, 6) is 0.785. The quantitative estimate of drug-likeness (QED) is 0.798. The lowest BCUT2D eigenvalue weighted by atomic mass is 10.00. The molecule has 0 aromatic heterocycles. The first kappa shape index (κ1) is 19.5. The minimum atomic E-state index is -0.201. The molecule has 1 aromatic rings. The summed E-state index contributed by atoms with van der Waals surface area (Å²) in [6, 6.07) is 7.20. The van der Waals surface area contributed by atoms with Crippen molar-refractivity contribution in [2.45, 2.75) is 51.1 Å². The van der Waals surface area contributed by atoms with E-state index in [0.29, 0.717) is 32.5 Å². The van der Waals surface area contributed by atoms with Gasteiger partial charge >= 0.3 is 6.03 Å². The Bertz CT molecular complexity index is 647. The van der Waals surface area contributed by atoms with Crippen LogP contribution in [0.5, 0.6) is 5.75 Å². The smallest absolute Gasteiger partial charge is 0.317 e. The third kappa shape index (κ3) is 4.71. The molecule has 2 aliphatic rings. The van der Waals surface area contributed by atoms with Crippen molar-refractivity contribution in [2.75, 3.05) is 31.2 Å². The number of urea groups is 1. The van der Waals surface area contributed by atoms with Crippen LogP contribution in [-0.4, -0.2) is 60.3 Å². The third-order valence-electron chi connectivity index (χ3n) is 5.26. The van der Waals surface area contributed by atoms with Crippen LogP contribution in [0.25, 0.3) is 0 Å². The maximum atomic E-state index is 12.7. The van der Waals surface area contributed by atoms with Gasteiger partial charge in [-0.05, 0) is 56.9 Å². The summed E-state index contributed by atoms with van der Waals surface area (Å²) in [4.78, 5) is 28.6. The SMILES string of the molecule is CCOc1ccc(N2C[C@H](NC(=O)N3CCCC[C@@H]3CCO)CC2=O)cc1. The van der Waals surface area contributed by atoms with Gasteiger partial charge in [0.1, 0.15) is 5.75 Å². The molecule has 0 bridgehead atoms. The molecule has 3 amide bonds. The summed E-state index contributed by atoms with van der Waals surface area (Å²) < 4.78 is 5.44. The Morgan fingerprint density at radius 2 is 2.07 bits per heavy atom. The number of piperidine rings is 1. The van der Waals surface area contributed by atoms with Gasteiger partial charge in [-0.1, -0.05) is 0 Å². The number of amides is 3. The van der Waals surface area contributed by atoms with Crippen LogP contribution in [0, 0.1) is 0 Å². The van der Waals surface area contributed by atoms with Crippen LogP contribution in [0.15, 0.2) is 24.3 Å². The molecule has 0 radical (unpaired) electrons. The number of hydrogen-bond acceptors (Lipinski definition) is 4. The molecule has 27 heavy (non-hydrogen) atoms. The normalized spacial score (nSPS) is 22.8. The number of ether oxygens (including phenoxy) is 1. The maximum absolute atomic E-state index is 12.7. The number of nitrogens with one attached hydrogen (secondary N) is 1. The van der Waals surface area contributed by atoms with E-state index in [1.54, 1.807) is 4.90 Å². The first-order chi connectivity index (χ1) is 13.1. The first-order valence-electron chi connectivity index (χ1n) is 9.83. The molecule has 7 heteroatoms. The number of nitrogens with zero attached hydrogens (tertiary/aromatic N) is 2. The molecule has 2 aliphatic heterocycles. The number of aliphatic hydroxyl groups excluding tert-OH is 1. The van der Waals surface area contributed by atoms with Crippen LogP contribution in [0.3, 0.4) is 0 Å². The zero-order valence-electron chi connectivity index (χ0n) is 15.9. The van der Waals surface area contributed by atoms with Gasteiger partial charge in [-0.15, -0.1) is 0 Å². The fourth-order valence-electron chi connectivity index (χ4n) is 3.92. The molecule has 1 aromatic carbocycles. The van der Waals surface area contributed by atoms with Crippen LogP contribution >= 0.6 is 0 Å². The van der Waals surface area contributed by atoms with Crippen LogP contribution < -0.4 is 15.0 Å². The van der Waals surface area contributed by atoms with E-state index in [1.807, 2.05) is 36.1 Å². The minimum Gasteiger partial charge on any atom is -0.494 e. The zero-order valence-corrected chi connectivity index (χ0v) is 15.9. The zero-order chi connectivity index (χ0) is 19.2. The van der Waals surface area contributed by atoms with Gasteiger partial charge in [-0.2, -0.15) is 0 Å². The summed E-state index contributed by atoms with van der Waals surface area (Å²) in [7, 11) is 0. The van der Waals surface area contributed by atoms with E-state index in [9.17, 15) is 14.7 Å². The maximum Gasteiger partial charge on any atom is 0.317 e. The molecule has 0 unspecified atom stereocenters. The van der Waals surface area contributed by atoms with Crippen molar-refractivity contribution in [1.82, 2.24) is 10.2 Å². The molecular formula is C20H29N3O4. The molecule has 2 fully saturated rings. The van der Waals surface area contributed by atoms with Gasteiger partial charge in [0, 0.05) is 37.8 Å². The van der Waals surface area contributed by atoms with E-state index in [-0.39, 0.29) is 30.6 Å². The van der Waals surface area contributed by atoms with Gasteiger partial charge < -0.3 is 25.0 Å². The lowest BCUT2D eigenvalue weighted by Crippen LogP contribution is -2.52. The average Bonchev–Trinajstić information content (AvgIpc) is 3.03. The second-order valence-electron chi connectivity index (χ2n) is 7.14. The molecule has 7 nitrogen and oxygen atoms in total. The average molecular weight is 375 g/mol. The number of aliphatic hydroxyl groups is 1. The lowest BCUT2D eigenvalue weighted by Gasteiger charge is -2.36. The second-order valence-corrected chi connectivity index (χ2v) is 7.14. The number of carbonyl (C=O) groups is 2. The number of anilines is 1. The molecule has 0 saturated carbocycles. The molecule has 2 atom stereocenters. The molecule has 0 aliphatic carbocycles. The molecule has 2 N–H and O–H groups in total. The Morgan fingerprint density at radius 1 is 1.30 bits per heavy atom. The van der Waals surface area contributed by atoms with Crippen molar-refractivity contribution in [3.8, 4) is 5.75 Å². The topological polar surface area (TPSA) is 82.1 Å². The number of hydrogen-bond donors (Lipinski definition) is 2. The Labute approximate surface area is 160 Å². The van der Waals surface area contributed by atoms with Crippen LogP contribution in [0.4, 0.5) is 10.5 Å². The third-order valence-corrected chi connectivity index (χ3v) is 5.26. The van der Waals surface area contributed by atoms with Crippen molar-refractivity contribution in [3.63, 3.8) is 0 Å². The number of likely N-dealkylation sites (tertiary alicyclic amines) is 1. The van der Waals surface area contributed by atoms with E-state index < -0.39 is 0 Å². The highest BCUT2D eigenvalue weighted by molar-refractivity contribution is 5.96. The fourth-order valence-corrected chi connectivity index (χ4v) is 3.92. The van der Waals surface area contributed by atoms with E-state index in [1.165, 1.54) is 0 Å². The summed E-state index contributed by atoms with van der Waals surface area (Å²) in [5.41, 5.74) is 0.816. The van der Waals surface area contributed by atoms with Gasteiger partial charge in [0.15, 0.2) is 0 Å². The van der Waals surface area contributed by atoms with Crippen molar-refractivity contribution < 1.29 is 19.4 Å². The first-order valence-corrected chi connectivity index (χ1v) is 9.83. The van der Waals surface area contributed by atoms with Crippen molar-refractivity contribution in [2.24, 2.45) is 0 Å². The highest BCUT2D eigenvalue weighted by Crippen LogP contribution is 2.25. The summed E-state index contributed by atoms with van der Waals surface area (Å²) in [5, 5.41) is 12.2. The standard InChI is InChI=1S/C20H29N3O4/c1-2-27-18-8-6-17(7-9-18)23-14-15(13-19(23)25)21-20(26)22-11-4-3-5-16(22)10-12-24/h6-9,15-16,24H,2-5,10-14H2,1H3,(H,21,26)/t15-,16-/m1/s1. The highest BCUT2D eigenvalue weighted by Gasteiger charge is 2.34. The second kappa shape index (κ2) is 9.08. The summed E-state index contributed by atoms with van der Waals surface area (Å²) in [6.45, 7) is 3.79. The number of carbonyl (C=O) groups excluding carboxylic acids is 2. The van der Waals surface area contributed by atoms with Gasteiger partial charge in [-0.3, -0.25) is 4.79 Å². The fraction of sp³-hybridized carbons (Fsp3) is 0.600. The van der Waals surface area contributed by atoms with E-state index in [4.69, 9.17) is 4.74 Å². The van der Waals surface area contributed by atoms with Gasteiger partial charge in [0.25, 0.3) is 0 Å². The molecule has 2 heterocycles. The Balaban J connectivity index is 1.59. The van der Waals surface area contributed by atoms with E-state index >= 15 is 0 Å². The van der Waals surface area contributed by atoms with Gasteiger partial charge in [-0.25, -0.2) is 4.79 Å². The Hall–Kier alpha value is -2.28. The monoisotopic (exact) mass is 375 g/mol. The molecule has 3 rings (SSSR count). The van der Waals surface area contributed by atoms with Crippen LogP contribution in [0.1, 0.15) is 39.0 Å². The highest BCUT2D eigenvalue weighted by atomic mass is 16.5. The van der Waals surface area contributed by atoms with Gasteiger partial charge in [0.2, 0.25) is 5.91 Å². The van der Waals surface area contributed by atoms with Crippen molar-refractivity contribution in [3.05, 3.63) is 24.3 Å². The Morgan fingerprint density at radius 3 is 2.78 bits per heavy atom. The van der Waals surface area contributed by atoms with E-state index in [2.05, 4.69) is 5.32 Å².